The van der Waals surface area contributed by atoms with Crippen LogP contribution < -0.4 is 10.4 Å². The zero-order valence-corrected chi connectivity index (χ0v) is 12.4. The topological polar surface area (TPSA) is 59.9 Å². The molecule has 0 saturated carbocycles. The van der Waals surface area contributed by atoms with Crippen LogP contribution in [0.2, 0.25) is 0 Å². The van der Waals surface area contributed by atoms with Gasteiger partial charge in [0.05, 0.1) is 5.69 Å². The molecule has 13 heteroatoms. The summed E-state index contributed by atoms with van der Waals surface area (Å²) in [7, 11) is 0. The average Bonchev–Trinajstić information content (AvgIpc) is 2.99. The lowest BCUT2D eigenvalue weighted by molar-refractivity contribution is -0.342. The smallest absolute Gasteiger partial charge is 0.381 e. The predicted molar refractivity (Wildman–Crippen MR) is 70.5 cm³/mol. The number of alkyl halides is 8. The van der Waals surface area contributed by atoms with Gasteiger partial charge >= 0.3 is 29.9 Å². The Bertz CT molecular complexity index is 800. The SMILES string of the molecule is O=c1[nH]ncn1-c1ccc(OCC(F)(F)C(F)(F)C(F)(F)C(F)F)cc1. The Morgan fingerprint density at radius 1 is 1.08 bits per heavy atom. The highest BCUT2D eigenvalue weighted by Crippen LogP contribution is 2.48. The number of nitrogens with zero attached hydrogens (tertiary/aromatic N) is 2. The minimum Gasteiger partial charge on any atom is -0.487 e. The second-order valence-corrected chi connectivity index (χ2v) is 5.02. The lowest BCUT2D eigenvalue weighted by Gasteiger charge is -2.32. The first-order valence-corrected chi connectivity index (χ1v) is 6.67. The van der Waals surface area contributed by atoms with E-state index in [0.29, 0.717) is 0 Å². The number of hydrogen-bond donors (Lipinski definition) is 1. The fourth-order valence-electron chi connectivity index (χ4n) is 1.78. The molecule has 0 unspecified atom stereocenters. The predicted octanol–water partition coefficient (Wildman–Crippen LogP) is 3.11. The largest absolute Gasteiger partial charge is 0.487 e. The highest BCUT2D eigenvalue weighted by molar-refractivity contribution is 5.37. The molecule has 2 aromatic rings. The van der Waals surface area contributed by atoms with Gasteiger partial charge in [-0.1, -0.05) is 0 Å². The number of hydrogen-bond acceptors (Lipinski definition) is 3. The van der Waals surface area contributed by atoms with E-state index in [1.54, 1.807) is 0 Å². The van der Waals surface area contributed by atoms with E-state index in [0.717, 1.165) is 35.2 Å². The molecule has 144 valence electrons. The lowest BCUT2D eigenvalue weighted by Crippen LogP contribution is -2.59. The van der Waals surface area contributed by atoms with E-state index in [1.807, 2.05) is 0 Å². The number of halogens is 8. The van der Waals surface area contributed by atoms with Gasteiger partial charge in [0.25, 0.3) is 0 Å². The Morgan fingerprint density at radius 2 is 1.65 bits per heavy atom. The molecule has 0 spiro atoms. The molecule has 0 aliphatic heterocycles. The zero-order chi connectivity index (χ0) is 19.8. The molecule has 26 heavy (non-hydrogen) atoms. The molecule has 0 amide bonds. The molecule has 0 fully saturated rings. The van der Waals surface area contributed by atoms with Crippen molar-refractivity contribution in [1.82, 2.24) is 14.8 Å². The summed E-state index contributed by atoms with van der Waals surface area (Å²) in [5.41, 5.74) is -0.420. The van der Waals surface area contributed by atoms with Crippen LogP contribution in [0.5, 0.6) is 5.75 Å². The van der Waals surface area contributed by atoms with Crippen LogP contribution in [0.1, 0.15) is 0 Å². The maximum atomic E-state index is 13.4. The van der Waals surface area contributed by atoms with E-state index in [9.17, 15) is 39.9 Å². The molecule has 1 aromatic heterocycles. The molecule has 0 atom stereocenters. The number of H-pyrrole nitrogens is 1. The summed E-state index contributed by atoms with van der Waals surface area (Å²) in [6.45, 7) is -2.27. The number of benzene rings is 1. The van der Waals surface area contributed by atoms with Gasteiger partial charge in [0, 0.05) is 0 Å². The van der Waals surface area contributed by atoms with Crippen LogP contribution in [0.4, 0.5) is 35.1 Å². The van der Waals surface area contributed by atoms with Crippen molar-refractivity contribution < 1.29 is 39.9 Å². The molecule has 0 aliphatic rings. The monoisotopic (exact) mass is 391 g/mol. The number of nitrogens with one attached hydrogen (secondary N) is 1. The van der Waals surface area contributed by atoms with Crippen LogP contribution in [-0.2, 0) is 0 Å². The molecule has 2 rings (SSSR count). The van der Waals surface area contributed by atoms with Crippen molar-refractivity contribution in [2.45, 2.75) is 24.2 Å². The van der Waals surface area contributed by atoms with Crippen LogP contribution in [-0.4, -0.2) is 45.6 Å². The summed E-state index contributed by atoms with van der Waals surface area (Å²) in [4.78, 5) is 11.3. The highest BCUT2D eigenvalue weighted by atomic mass is 19.4. The molecule has 0 saturated heterocycles. The van der Waals surface area contributed by atoms with Crippen LogP contribution in [0.3, 0.4) is 0 Å². The van der Waals surface area contributed by atoms with Gasteiger partial charge < -0.3 is 4.74 Å². The first-order valence-electron chi connectivity index (χ1n) is 6.67. The van der Waals surface area contributed by atoms with Crippen molar-refractivity contribution in [3.63, 3.8) is 0 Å². The molecule has 1 N–H and O–H groups in total. The molecular weight excluding hydrogens is 382 g/mol. The third-order valence-electron chi connectivity index (χ3n) is 3.24. The van der Waals surface area contributed by atoms with Crippen LogP contribution in [0, 0.1) is 0 Å². The Kier molecular flexibility index (Phi) is 5.01. The van der Waals surface area contributed by atoms with Crippen LogP contribution >= 0.6 is 0 Å². The third kappa shape index (κ3) is 3.37. The molecule has 0 bridgehead atoms. The molecule has 0 aliphatic carbocycles. The van der Waals surface area contributed by atoms with Gasteiger partial charge in [0.1, 0.15) is 12.1 Å². The normalized spacial score (nSPS) is 13.3. The number of rotatable bonds is 7. The Hall–Kier alpha value is -2.60. The second-order valence-electron chi connectivity index (χ2n) is 5.02. The van der Waals surface area contributed by atoms with Gasteiger partial charge in [0.15, 0.2) is 6.61 Å². The fraction of sp³-hybridized carbons (Fsp3) is 0.385. The summed E-state index contributed by atoms with van der Waals surface area (Å²) >= 11 is 0. The molecule has 0 radical (unpaired) electrons. The van der Waals surface area contributed by atoms with E-state index in [-0.39, 0.29) is 5.69 Å². The molecular formula is C13H9F8N3O2. The van der Waals surface area contributed by atoms with Crippen molar-refractivity contribution in [3.8, 4) is 11.4 Å². The molecule has 1 heterocycles. The molecule has 5 nitrogen and oxygen atoms in total. The summed E-state index contributed by atoms with van der Waals surface area (Å²) in [6.07, 6.45) is -3.89. The number of ether oxygens (including phenoxy) is 1. The van der Waals surface area contributed by atoms with Crippen molar-refractivity contribution >= 4 is 0 Å². The first-order chi connectivity index (χ1) is 11.9. The van der Waals surface area contributed by atoms with E-state index in [4.69, 9.17) is 0 Å². The van der Waals surface area contributed by atoms with Gasteiger partial charge in [-0.3, -0.25) is 0 Å². The van der Waals surface area contributed by atoms with Crippen molar-refractivity contribution in [1.29, 1.82) is 0 Å². The first kappa shape index (κ1) is 19.7. The maximum Gasteiger partial charge on any atom is 0.381 e. The Balaban J connectivity index is 2.12. The van der Waals surface area contributed by atoms with Crippen LogP contribution in [0.15, 0.2) is 35.4 Å². The van der Waals surface area contributed by atoms with E-state index in [2.05, 4.69) is 14.9 Å². The number of aromatic amines is 1. The summed E-state index contributed by atoms with van der Waals surface area (Å²) in [5, 5.41) is 5.51. The zero-order valence-electron chi connectivity index (χ0n) is 12.4. The summed E-state index contributed by atoms with van der Waals surface area (Å²) in [5.74, 6) is -18.6. The second kappa shape index (κ2) is 6.61. The molecule has 1 aromatic carbocycles. The van der Waals surface area contributed by atoms with Crippen molar-refractivity contribution in [2.75, 3.05) is 6.61 Å². The Labute approximate surface area is 139 Å². The van der Waals surface area contributed by atoms with Gasteiger partial charge in [-0.2, -0.15) is 31.4 Å². The lowest BCUT2D eigenvalue weighted by atomic mass is 10.1. The van der Waals surface area contributed by atoms with Crippen molar-refractivity contribution in [3.05, 3.63) is 41.1 Å². The van der Waals surface area contributed by atoms with E-state index >= 15 is 0 Å². The van der Waals surface area contributed by atoms with Crippen LogP contribution in [0.25, 0.3) is 5.69 Å². The summed E-state index contributed by atoms with van der Waals surface area (Å²) in [6, 6.07) is 4.29. The van der Waals surface area contributed by atoms with Gasteiger partial charge in [-0.25, -0.2) is 23.2 Å². The minimum atomic E-state index is -6.34. The van der Waals surface area contributed by atoms with Gasteiger partial charge in [0.2, 0.25) is 0 Å². The number of aromatic nitrogens is 3. The minimum absolute atomic E-state index is 0.206. The third-order valence-corrected chi connectivity index (χ3v) is 3.24. The maximum absolute atomic E-state index is 13.4. The quantitative estimate of drug-likeness (QED) is 0.738. The van der Waals surface area contributed by atoms with Crippen molar-refractivity contribution in [2.24, 2.45) is 0 Å². The average molecular weight is 391 g/mol. The summed E-state index contributed by atoms with van der Waals surface area (Å²) < 4.78 is 108. The van der Waals surface area contributed by atoms with E-state index < -0.39 is 42.2 Å². The van der Waals surface area contributed by atoms with E-state index in [1.165, 1.54) is 0 Å². The Morgan fingerprint density at radius 3 is 2.12 bits per heavy atom. The fourth-order valence-corrected chi connectivity index (χ4v) is 1.78. The van der Waals surface area contributed by atoms with Gasteiger partial charge in [-0.05, 0) is 24.3 Å². The highest BCUT2D eigenvalue weighted by Gasteiger charge is 2.75. The standard InChI is InChI=1S/C13H9F8N3O2/c14-9(15)12(18,19)13(20,21)11(16,17)5-26-8-3-1-7(2-4-8)24-6-22-23-10(24)25/h1-4,6,9H,5H2,(H,23,25). The van der Waals surface area contributed by atoms with Gasteiger partial charge in [-0.15, -0.1) is 0 Å².